The van der Waals surface area contributed by atoms with Crippen molar-refractivity contribution in [3.63, 3.8) is 0 Å². The van der Waals surface area contributed by atoms with Gasteiger partial charge in [0.2, 0.25) is 5.91 Å². The van der Waals surface area contributed by atoms with E-state index in [2.05, 4.69) is 10.5 Å². The molecule has 1 amide bonds. The lowest BCUT2D eigenvalue weighted by atomic mass is 9.90. The van der Waals surface area contributed by atoms with Crippen molar-refractivity contribution in [1.29, 1.82) is 0 Å². The Labute approximate surface area is 114 Å². The van der Waals surface area contributed by atoms with Gasteiger partial charge in [-0.3, -0.25) is 4.79 Å². The van der Waals surface area contributed by atoms with E-state index in [1.54, 1.807) is 0 Å². The van der Waals surface area contributed by atoms with Gasteiger partial charge in [0.15, 0.2) is 0 Å². The number of hydrogen-bond donors (Lipinski definition) is 1. The summed E-state index contributed by atoms with van der Waals surface area (Å²) in [5.74, 6) is 2.29. The summed E-state index contributed by atoms with van der Waals surface area (Å²) >= 11 is 0. The normalized spacial score (nSPS) is 28.9. The molecule has 3 rings (SSSR count). The van der Waals surface area contributed by atoms with Crippen LogP contribution in [0, 0.1) is 17.8 Å². The summed E-state index contributed by atoms with van der Waals surface area (Å²) in [6, 6.07) is 9.76. The number of benzene rings is 1. The third-order valence-electron chi connectivity index (χ3n) is 4.46. The molecule has 1 aromatic rings. The summed E-state index contributed by atoms with van der Waals surface area (Å²) < 4.78 is 0. The third-order valence-corrected chi connectivity index (χ3v) is 4.46. The van der Waals surface area contributed by atoms with Gasteiger partial charge in [-0.05, 0) is 42.6 Å². The maximum Gasteiger partial charge on any atom is 0.244 e. The third kappa shape index (κ3) is 3.03. The second-order valence-corrected chi connectivity index (χ2v) is 5.81. The predicted octanol–water partition coefficient (Wildman–Crippen LogP) is 2.77. The van der Waals surface area contributed by atoms with Gasteiger partial charge in [-0.15, -0.1) is 0 Å². The Kier molecular flexibility index (Phi) is 3.62. The highest BCUT2D eigenvalue weighted by Gasteiger charge is 2.38. The van der Waals surface area contributed by atoms with Crippen molar-refractivity contribution in [2.45, 2.75) is 32.1 Å². The molecule has 0 heterocycles. The zero-order valence-electron chi connectivity index (χ0n) is 11.1. The summed E-state index contributed by atoms with van der Waals surface area (Å²) in [5.41, 5.74) is 3.67. The molecule has 0 spiro atoms. The van der Waals surface area contributed by atoms with Crippen LogP contribution in [0.2, 0.25) is 0 Å². The Morgan fingerprint density at radius 2 is 2.11 bits per heavy atom. The molecule has 0 saturated heterocycles. The van der Waals surface area contributed by atoms with Crippen molar-refractivity contribution in [3.8, 4) is 0 Å². The molecule has 2 saturated carbocycles. The van der Waals surface area contributed by atoms with E-state index in [9.17, 15) is 4.79 Å². The van der Waals surface area contributed by atoms with E-state index < -0.39 is 0 Å². The molecule has 2 fully saturated rings. The number of hydrazone groups is 1. The SMILES string of the molecule is O=C(Cc1ccccc1)NN=C[C@@H]1C[C@@H]2CC[C@@H]1C2. The molecule has 3 nitrogen and oxygen atoms in total. The number of nitrogens with one attached hydrogen (secondary N) is 1. The van der Waals surface area contributed by atoms with Crippen LogP contribution in [0.3, 0.4) is 0 Å². The molecule has 2 aliphatic carbocycles. The first-order valence-electron chi connectivity index (χ1n) is 7.17. The lowest BCUT2D eigenvalue weighted by molar-refractivity contribution is -0.120. The van der Waals surface area contributed by atoms with Crippen LogP contribution in [0.5, 0.6) is 0 Å². The minimum absolute atomic E-state index is 0.0365. The fourth-order valence-corrected chi connectivity index (χ4v) is 3.50. The van der Waals surface area contributed by atoms with Crippen molar-refractivity contribution in [2.24, 2.45) is 22.9 Å². The molecule has 2 aliphatic rings. The molecule has 19 heavy (non-hydrogen) atoms. The van der Waals surface area contributed by atoms with Crippen LogP contribution in [0.1, 0.15) is 31.2 Å². The van der Waals surface area contributed by atoms with Crippen LogP contribution in [-0.2, 0) is 11.2 Å². The van der Waals surface area contributed by atoms with Crippen LogP contribution in [-0.4, -0.2) is 12.1 Å². The van der Waals surface area contributed by atoms with Gasteiger partial charge in [0.25, 0.3) is 0 Å². The fraction of sp³-hybridized carbons (Fsp3) is 0.500. The summed E-state index contributed by atoms with van der Waals surface area (Å²) in [6.07, 6.45) is 7.74. The largest absolute Gasteiger partial charge is 0.273 e. The lowest BCUT2D eigenvalue weighted by Gasteiger charge is -2.16. The molecule has 100 valence electrons. The van der Waals surface area contributed by atoms with Crippen molar-refractivity contribution in [2.75, 3.05) is 0 Å². The Balaban J connectivity index is 1.46. The first-order chi connectivity index (χ1) is 9.31. The van der Waals surface area contributed by atoms with E-state index in [0.717, 1.165) is 17.4 Å². The molecular formula is C16H20N2O. The number of amides is 1. The Morgan fingerprint density at radius 3 is 2.79 bits per heavy atom. The first-order valence-corrected chi connectivity index (χ1v) is 7.17. The Morgan fingerprint density at radius 1 is 1.26 bits per heavy atom. The van der Waals surface area contributed by atoms with Crippen molar-refractivity contribution in [3.05, 3.63) is 35.9 Å². The molecule has 3 atom stereocenters. The predicted molar refractivity (Wildman–Crippen MR) is 75.7 cm³/mol. The molecular weight excluding hydrogens is 236 g/mol. The second-order valence-electron chi connectivity index (χ2n) is 5.81. The molecule has 2 bridgehead atoms. The summed E-state index contributed by atoms with van der Waals surface area (Å²) in [6.45, 7) is 0. The molecule has 0 aromatic heterocycles. The number of carbonyl (C=O) groups excluding carboxylic acids is 1. The van der Waals surface area contributed by atoms with Gasteiger partial charge < -0.3 is 0 Å². The average molecular weight is 256 g/mol. The zero-order valence-corrected chi connectivity index (χ0v) is 11.1. The van der Waals surface area contributed by atoms with Crippen molar-refractivity contribution >= 4 is 12.1 Å². The number of rotatable bonds is 4. The van der Waals surface area contributed by atoms with E-state index in [0.29, 0.717) is 12.3 Å². The zero-order chi connectivity index (χ0) is 13.1. The van der Waals surface area contributed by atoms with E-state index >= 15 is 0 Å². The lowest BCUT2D eigenvalue weighted by Crippen LogP contribution is -2.21. The van der Waals surface area contributed by atoms with Gasteiger partial charge in [0.05, 0.1) is 6.42 Å². The average Bonchev–Trinajstić information content (AvgIpc) is 3.02. The molecule has 0 unspecified atom stereocenters. The van der Waals surface area contributed by atoms with Gasteiger partial charge in [-0.1, -0.05) is 36.8 Å². The standard InChI is InChI=1S/C16H20N2O/c19-16(10-12-4-2-1-3-5-12)18-17-11-15-9-13-6-7-14(15)8-13/h1-5,11,13-15H,6-10H2,(H,18,19)/t13-,14-,15+/m1/s1. The monoisotopic (exact) mass is 256 g/mol. The van der Waals surface area contributed by atoms with Gasteiger partial charge in [0.1, 0.15) is 0 Å². The molecule has 0 radical (unpaired) electrons. The van der Waals surface area contributed by atoms with E-state index in [1.807, 2.05) is 36.5 Å². The van der Waals surface area contributed by atoms with E-state index in [4.69, 9.17) is 0 Å². The quantitative estimate of drug-likeness (QED) is 0.653. The molecule has 1 N–H and O–H groups in total. The van der Waals surface area contributed by atoms with Crippen LogP contribution in [0.25, 0.3) is 0 Å². The van der Waals surface area contributed by atoms with Crippen LogP contribution < -0.4 is 5.43 Å². The van der Waals surface area contributed by atoms with E-state index in [1.165, 1.54) is 25.7 Å². The summed E-state index contributed by atoms with van der Waals surface area (Å²) in [4.78, 5) is 11.7. The topological polar surface area (TPSA) is 41.5 Å². The Bertz CT molecular complexity index is 469. The molecule has 3 heteroatoms. The number of carbonyl (C=O) groups is 1. The van der Waals surface area contributed by atoms with Gasteiger partial charge in [0, 0.05) is 6.21 Å². The van der Waals surface area contributed by atoms with Crippen molar-refractivity contribution in [1.82, 2.24) is 5.43 Å². The first kappa shape index (κ1) is 12.4. The van der Waals surface area contributed by atoms with Gasteiger partial charge >= 0.3 is 0 Å². The maximum atomic E-state index is 11.7. The van der Waals surface area contributed by atoms with Crippen molar-refractivity contribution < 1.29 is 4.79 Å². The smallest absolute Gasteiger partial charge is 0.244 e. The van der Waals surface area contributed by atoms with Crippen LogP contribution in [0.4, 0.5) is 0 Å². The Hall–Kier alpha value is -1.64. The van der Waals surface area contributed by atoms with Gasteiger partial charge in [-0.25, -0.2) is 5.43 Å². The van der Waals surface area contributed by atoms with E-state index in [-0.39, 0.29) is 5.91 Å². The highest BCUT2D eigenvalue weighted by molar-refractivity contribution is 5.79. The summed E-state index contributed by atoms with van der Waals surface area (Å²) in [7, 11) is 0. The molecule has 1 aromatic carbocycles. The second kappa shape index (κ2) is 5.55. The highest BCUT2D eigenvalue weighted by atomic mass is 16.2. The summed E-state index contributed by atoms with van der Waals surface area (Å²) in [5, 5.41) is 4.14. The number of hydrogen-bond acceptors (Lipinski definition) is 2. The maximum absolute atomic E-state index is 11.7. The molecule has 0 aliphatic heterocycles. The highest BCUT2D eigenvalue weighted by Crippen LogP contribution is 2.47. The van der Waals surface area contributed by atoms with Gasteiger partial charge in [-0.2, -0.15) is 5.10 Å². The number of fused-ring (bicyclic) bond motifs is 2. The van der Waals surface area contributed by atoms with Crippen LogP contribution >= 0.6 is 0 Å². The fourth-order valence-electron chi connectivity index (χ4n) is 3.50. The minimum Gasteiger partial charge on any atom is -0.273 e. The number of nitrogens with zero attached hydrogens (tertiary/aromatic N) is 1. The minimum atomic E-state index is -0.0365. The van der Waals surface area contributed by atoms with Crippen LogP contribution in [0.15, 0.2) is 35.4 Å².